The summed E-state index contributed by atoms with van der Waals surface area (Å²) in [5, 5.41) is 10.3. The molecule has 0 bridgehead atoms. The summed E-state index contributed by atoms with van der Waals surface area (Å²) in [5.41, 5.74) is 10.3. The van der Waals surface area contributed by atoms with Crippen LogP contribution in [0.5, 0.6) is 11.5 Å². The van der Waals surface area contributed by atoms with Crippen LogP contribution in [0.3, 0.4) is 0 Å². The number of ether oxygens (including phenoxy) is 2. The summed E-state index contributed by atoms with van der Waals surface area (Å²) in [6.07, 6.45) is 1.82. The van der Waals surface area contributed by atoms with Crippen molar-refractivity contribution in [1.82, 2.24) is 0 Å². The molecule has 3 aromatic carbocycles. The van der Waals surface area contributed by atoms with Gasteiger partial charge in [-0.15, -0.1) is 0 Å². The number of nitrogens with zero attached hydrogens (tertiary/aromatic N) is 1. The minimum Gasteiger partial charge on any atom is -0.481 e. The van der Waals surface area contributed by atoms with Gasteiger partial charge in [0.2, 0.25) is 6.79 Å². The van der Waals surface area contributed by atoms with Crippen molar-refractivity contribution in [2.24, 2.45) is 10.7 Å². The molecule has 7 heteroatoms. The van der Waals surface area contributed by atoms with Crippen molar-refractivity contribution in [3.8, 4) is 11.5 Å². The molecule has 0 saturated heterocycles. The standard InChI is InChI=1S/C26H23ClN2O4/c1-16-5-4-6-17(11-16)20(26(30)31)13-19(28)14-23(29-22-8-3-2-7-21(22)27)18-9-10-24-25(12-18)33-15-32-24/h2-12,14,20H,13,15,28H2,1H3,(H,30,31). The Morgan fingerprint density at radius 3 is 2.67 bits per heavy atom. The molecule has 0 aliphatic carbocycles. The van der Waals surface area contributed by atoms with Crippen LogP contribution in [0.15, 0.2) is 83.5 Å². The van der Waals surface area contributed by atoms with E-state index in [1.807, 2.05) is 49.4 Å². The molecule has 6 nitrogen and oxygen atoms in total. The second-order valence-corrected chi connectivity index (χ2v) is 8.15. The van der Waals surface area contributed by atoms with E-state index in [2.05, 4.69) is 0 Å². The number of para-hydroxylation sites is 1. The van der Waals surface area contributed by atoms with Crippen LogP contribution in [-0.2, 0) is 4.79 Å². The van der Waals surface area contributed by atoms with Crippen LogP contribution in [0.1, 0.15) is 29.0 Å². The Balaban J connectivity index is 1.72. The zero-order valence-corrected chi connectivity index (χ0v) is 18.8. The second-order valence-electron chi connectivity index (χ2n) is 7.74. The Morgan fingerprint density at radius 2 is 1.91 bits per heavy atom. The summed E-state index contributed by atoms with van der Waals surface area (Å²) < 4.78 is 10.9. The zero-order valence-electron chi connectivity index (χ0n) is 18.0. The van der Waals surface area contributed by atoms with Gasteiger partial charge >= 0.3 is 5.97 Å². The molecule has 1 aliphatic rings. The highest BCUT2D eigenvalue weighted by Crippen LogP contribution is 2.34. The number of carboxylic acids is 1. The second kappa shape index (κ2) is 9.79. The number of nitrogens with two attached hydrogens (primary N) is 1. The number of carboxylic acid groups (broad SMARTS) is 1. The van der Waals surface area contributed by atoms with E-state index in [4.69, 9.17) is 31.8 Å². The van der Waals surface area contributed by atoms with Crippen LogP contribution in [0.4, 0.5) is 5.69 Å². The summed E-state index contributed by atoms with van der Waals surface area (Å²) >= 11 is 6.33. The molecule has 0 fully saturated rings. The number of hydrogen-bond acceptors (Lipinski definition) is 5. The van der Waals surface area contributed by atoms with Crippen LogP contribution >= 0.6 is 11.6 Å². The van der Waals surface area contributed by atoms with Gasteiger partial charge in [-0.3, -0.25) is 4.79 Å². The lowest BCUT2D eigenvalue weighted by Gasteiger charge is -2.14. The number of aliphatic carboxylic acids is 1. The van der Waals surface area contributed by atoms with Crippen LogP contribution in [0, 0.1) is 6.92 Å². The molecule has 4 rings (SSSR count). The van der Waals surface area contributed by atoms with E-state index in [-0.39, 0.29) is 13.2 Å². The fraction of sp³-hybridized carbons (Fsp3) is 0.154. The molecule has 0 aromatic heterocycles. The lowest BCUT2D eigenvalue weighted by Crippen LogP contribution is -2.16. The first kappa shape index (κ1) is 22.4. The van der Waals surface area contributed by atoms with Crippen molar-refractivity contribution in [2.45, 2.75) is 19.3 Å². The fourth-order valence-electron chi connectivity index (χ4n) is 3.61. The van der Waals surface area contributed by atoms with E-state index in [0.717, 1.165) is 11.1 Å². The van der Waals surface area contributed by atoms with Gasteiger partial charge in [-0.05, 0) is 48.9 Å². The van der Waals surface area contributed by atoms with Crippen molar-refractivity contribution < 1.29 is 19.4 Å². The number of allylic oxidation sites excluding steroid dienone is 2. The molecule has 0 radical (unpaired) electrons. The molecule has 1 heterocycles. The number of hydrogen-bond donors (Lipinski definition) is 2. The van der Waals surface area contributed by atoms with Crippen LogP contribution < -0.4 is 15.2 Å². The SMILES string of the molecule is Cc1cccc(C(CC(N)=CC(=Nc2ccccc2Cl)c2ccc3c(c2)OCO3)C(=O)O)c1. The van der Waals surface area contributed by atoms with Crippen LogP contribution in [0.25, 0.3) is 0 Å². The molecule has 168 valence electrons. The van der Waals surface area contributed by atoms with Crippen molar-refractivity contribution in [2.75, 3.05) is 6.79 Å². The maximum atomic E-state index is 12.0. The molecule has 1 aliphatic heterocycles. The molecule has 33 heavy (non-hydrogen) atoms. The normalized spacial score (nSPS) is 14.2. The third kappa shape index (κ3) is 5.35. The lowest BCUT2D eigenvalue weighted by molar-refractivity contribution is -0.138. The Morgan fingerprint density at radius 1 is 1.12 bits per heavy atom. The zero-order chi connectivity index (χ0) is 23.4. The third-order valence-electron chi connectivity index (χ3n) is 5.27. The van der Waals surface area contributed by atoms with Gasteiger partial charge in [0.25, 0.3) is 0 Å². The summed E-state index contributed by atoms with van der Waals surface area (Å²) in [7, 11) is 0. The number of aryl methyl sites for hydroxylation is 1. The molecule has 1 unspecified atom stereocenters. The summed E-state index contributed by atoms with van der Waals surface area (Å²) in [6, 6.07) is 20.1. The maximum Gasteiger partial charge on any atom is 0.311 e. The fourth-order valence-corrected chi connectivity index (χ4v) is 3.79. The van der Waals surface area contributed by atoms with Crippen LogP contribution in [0.2, 0.25) is 5.02 Å². The number of benzene rings is 3. The topological polar surface area (TPSA) is 94.1 Å². The van der Waals surface area contributed by atoms with Crippen molar-refractivity contribution in [1.29, 1.82) is 0 Å². The molecular formula is C26H23ClN2O4. The van der Waals surface area contributed by atoms with Gasteiger partial charge in [0, 0.05) is 17.7 Å². The molecule has 0 saturated carbocycles. The van der Waals surface area contributed by atoms with Gasteiger partial charge in [0.1, 0.15) is 0 Å². The van der Waals surface area contributed by atoms with Gasteiger partial charge in [0.15, 0.2) is 11.5 Å². The first-order chi connectivity index (χ1) is 15.9. The predicted molar refractivity (Wildman–Crippen MR) is 129 cm³/mol. The smallest absolute Gasteiger partial charge is 0.311 e. The molecular weight excluding hydrogens is 440 g/mol. The van der Waals surface area contributed by atoms with Gasteiger partial charge in [0.05, 0.1) is 22.3 Å². The minimum absolute atomic E-state index is 0.130. The quantitative estimate of drug-likeness (QED) is 0.446. The minimum atomic E-state index is -0.940. The molecule has 3 N–H and O–H groups in total. The van der Waals surface area contributed by atoms with Crippen molar-refractivity contribution >= 4 is 29.0 Å². The highest BCUT2D eigenvalue weighted by molar-refractivity contribution is 6.33. The van der Waals surface area contributed by atoms with E-state index in [9.17, 15) is 9.90 Å². The Kier molecular flexibility index (Phi) is 6.66. The predicted octanol–water partition coefficient (Wildman–Crippen LogP) is 5.60. The average Bonchev–Trinajstić information content (AvgIpc) is 3.26. The first-order valence-corrected chi connectivity index (χ1v) is 10.8. The molecule has 1 atom stereocenters. The summed E-state index contributed by atoms with van der Waals surface area (Å²) in [4.78, 5) is 16.7. The first-order valence-electron chi connectivity index (χ1n) is 10.4. The summed E-state index contributed by atoms with van der Waals surface area (Å²) in [6.45, 7) is 2.08. The van der Waals surface area contributed by atoms with Crippen molar-refractivity contribution in [3.63, 3.8) is 0 Å². The van der Waals surface area contributed by atoms with Crippen molar-refractivity contribution in [3.05, 3.63) is 100 Å². The average molecular weight is 463 g/mol. The number of rotatable bonds is 7. The summed E-state index contributed by atoms with van der Waals surface area (Å²) in [5.74, 6) is -0.461. The highest BCUT2D eigenvalue weighted by atomic mass is 35.5. The number of fused-ring (bicyclic) bond motifs is 1. The number of halogens is 1. The largest absolute Gasteiger partial charge is 0.481 e. The molecule has 3 aromatic rings. The van der Waals surface area contributed by atoms with Gasteiger partial charge < -0.3 is 20.3 Å². The van der Waals surface area contributed by atoms with E-state index in [1.54, 1.807) is 30.3 Å². The van der Waals surface area contributed by atoms with Gasteiger partial charge in [-0.2, -0.15) is 0 Å². The van der Waals surface area contributed by atoms with E-state index >= 15 is 0 Å². The van der Waals surface area contributed by atoms with E-state index in [0.29, 0.717) is 39.2 Å². The Hall–Kier alpha value is -3.77. The maximum absolute atomic E-state index is 12.0. The number of carbonyl (C=O) groups is 1. The molecule has 0 amide bonds. The van der Waals surface area contributed by atoms with E-state index in [1.165, 1.54) is 0 Å². The highest BCUT2D eigenvalue weighted by Gasteiger charge is 2.21. The van der Waals surface area contributed by atoms with Gasteiger partial charge in [-0.25, -0.2) is 4.99 Å². The van der Waals surface area contributed by atoms with E-state index < -0.39 is 11.9 Å². The van der Waals surface area contributed by atoms with Gasteiger partial charge in [-0.1, -0.05) is 53.6 Å². The Labute approximate surface area is 196 Å². The molecule has 0 spiro atoms. The Bertz CT molecular complexity index is 1250. The number of aliphatic imine (C=N–C) groups is 1. The van der Waals surface area contributed by atoms with Crippen LogP contribution in [-0.4, -0.2) is 23.6 Å². The monoisotopic (exact) mass is 462 g/mol. The lowest BCUT2D eigenvalue weighted by atomic mass is 9.92. The third-order valence-corrected chi connectivity index (χ3v) is 5.59.